The molecule has 0 saturated carbocycles. The van der Waals surface area contributed by atoms with E-state index < -0.39 is 10.0 Å². The number of rotatable bonds is 9. The third kappa shape index (κ3) is 8.57. The largest absolute Gasteiger partial charge is 0.381 e. The summed E-state index contributed by atoms with van der Waals surface area (Å²) in [7, 11) is -3.10. The highest BCUT2D eigenvalue weighted by Gasteiger charge is 2.17. The zero-order valence-electron chi connectivity index (χ0n) is 12.2. The Balaban J connectivity index is 2.09. The van der Waals surface area contributed by atoms with E-state index in [9.17, 15) is 8.42 Å². The fraction of sp³-hybridized carbons (Fsp3) is 1.00. The summed E-state index contributed by atoms with van der Waals surface area (Å²) in [5.74, 6) is 0.668. The van der Waals surface area contributed by atoms with E-state index >= 15 is 0 Å². The molecule has 2 N–H and O–H groups in total. The van der Waals surface area contributed by atoms with Crippen molar-refractivity contribution in [1.29, 1.82) is 0 Å². The zero-order chi connectivity index (χ0) is 14.1. The van der Waals surface area contributed by atoms with Crippen molar-refractivity contribution < 1.29 is 13.2 Å². The monoisotopic (exact) mass is 292 g/mol. The van der Waals surface area contributed by atoms with Crippen molar-refractivity contribution in [3.05, 3.63) is 0 Å². The standard InChI is InChI=1S/C13H28N2O3S/c1-12(2)14-7-3-4-10-19(16,17)15-11-13-5-8-18-9-6-13/h12-15H,3-11H2,1-2H3. The van der Waals surface area contributed by atoms with Crippen LogP contribution in [0.1, 0.15) is 39.5 Å². The molecule has 0 spiro atoms. The minimum absolute atomic E-state index is 0.232. The number of nitrogens with one attached hydrogen (secondary N) is 2. The molecule has 114 valence electrons. The van der Waals surface area contributed by atoms with Crippen LogP contribution in [0, 0.1) is 5.92 Å². The fourth-order valence-corrected chi connectivity index (χ4v) is 3.29. The Morgan fingerprint density at radius 3 is 2.53 bits per heavy atom. The second-order valence-corrected chi connectivity index (χ2v) is 7.47. The van der Waals surface area contributed by atoms with Gasteiger partial charge in [0, 0.05) is 25.8 Å². The first kappa shape index (κ1) is 16.9. The van der Waals surface area contributed by atoms with Gasteiger partial charge in [0.25, 0.3) is 0 Å². The zero-order valence-corrected chi connectivity index (χ0v) is 13.0. The van der Waals surface area contributed by atoms with Gasteiger partial charge >= 0.3 is 0 Å². The summed E-state index contributed by atoms with van der Waals surface area (Å²) in [6.07, 6.45) is 3.53. The highest BCUT2D eigenvalue weighted by Crippen LogP contribution is 2.13. The van der Waals surface area contributed by atoms with E-state index in [-0.39, 0.29) is 5.75 Å². The predicted octanol–water partition coefficient (Wildman–Crippen LogP) is 1.11. The molecular formula is C13H28N2O3S. The van der Waals surface area contributed by atoms with E-state index in [2.05, 4.69) is 23.9 Å². The molecule has 0 atom stereocenters. The van der Waals surface area contributed by atoms with Crippen LogP contribution in [-0.2, 0) is 14.8 Å². The van der Waals surface area contributed by atoms with Crippen LogP contribution in [0.25, 0.3) is 0 Å². The van der Waals surface area contributed by atoms with Gasteiger partial charge in [-0.05, 0) is 38.1 Å². The fourth-order valence-electron chi connectivity index (χ4n) is 2.08. The van der Waals surface area contributed by atoms with Crippen LogP contribution in [0.3, 0.4) is 0 Å². The molecule has 1 saturated heterocycles. The Morgan fingerprint density at radius 1 is 1.21 bits per heavy atom. The first-order chi connectivity index (χ1) is 8.99. The highest BCUT2D eigenvalue weighted by molar-refractivity contribution is 7.89. The van der Waals surface area contributed by atoms with Crippen LogP contribution in [0.4, 0.5) is 0 Å². The van der Waals surface area contributed by atoms with E-state index in [1.54, 1.807) is 0 Å². The lowest BCUT2D eigenvalue weighted by Gasteiger charge is -2.22. The summed E-state index contributed by atoms with van der Waals surface area (Å²) < 4.78 is 31.6. The van der Waals surface area contributed by atoms with Crippen molar-refractivity contribution in [1.82, 2.24) is 10.0 Å². The van der Waals surface area contributed by atoms with Gasteiger partial charge in [0.1, 0.15) is 0 Å². The Kier molecular flexibility index (Phi) is 7.90. The highest BCUT2D eigenvalue weighted by atomic mass is 32.2. The Bertz CT molecular complexity index is 325. The molecule has 1 aliphatic heterocycles. The number of hydrogen-bond donors (Lipinski definition) is 2. The van der Waals surface area contributed by atoms with Gasteiger partial charge in [0.15, 0.2) is 0 Å². The molecule has 0 aromatic heterocycles. The first-order valence-corrected chi connectivity index (χ1v) is 8.93. The summed E-state index contributed by atoms with van der Waals surface area (Å²) in [6, 6.07) is 0.461. The number of sulfonamides is 1. The van der Waals surface area contributed by atoms with Crippen molar-refractivity contribution in [2.45, 2.75) is 45.6 Å². The molecule has 19 heavy (non-hydrogen) atoms. The van der Waals surface area contributed by atoms with Crippen molar-refractivity contribution in [3.8, 4) is 0 Å². The summed E-state index contributed by atoms with van der Waals surface area (Å²) in [5.41, 5.74) is 0. The second kappa shape index (κ2) is 8.89. The molecule has 6 heteroatoms. The van der Waals surface area contributed by atoms with Crippen LogP contribution in [0.2, 0.25) is 0 Å². The summed E-state index contributed by atoms with van der Waals surface area (Å²) in [5, 5.41) is 3.29. The number of hydrogen-bond acceptors (Lipinski definition) is 4. The molecule has 0 aromatic rings. The molecule has 1 fully saturated rings. The normalized spacial score (nSPS) is 18.1. The summed E-state index contributed by atoms with van der Waals surface area (Å²) >= 11 is 0. The number of ether oxygens (including phenoxy) is 1. The minimum atomic E-state index is -3.10. The molecule has 0 bridgehead atoms. The average Bonchev–Trinajstić information content (AvgIpc) is 2.37. The van der Waals surface area contributed by atoms with Crippen molar-refractivity contribution in [3.63, 3.8) is 0 Å². The van der Waals surface area contributed by atoms with Crippen LogP contribution in [-0.4, -0.2) is 46.5 Å². The van der Waals surface area contributed by atoms with E-state index in [1.807, 2.05) is 0 Å². The molecule has 1 rings (SSSR count). The third-order valence-corrected chi connectivity index (χ3v) is 4.76. The van der Waals surface area contributed by atoms with E-state index in [4.69, 9.17) is 4.74 Å². The average molecular weight is 292 g/mol. The van der Waals surface area contributed by atoms with Gasteiger partial charge in [0.2, 0.25) is 10.0 Å². The van der Waals surface area contributed by atoms with Gasteiger partial charge < -0.3 is 10.1 Å². The molecule has 0 unspecified atom stereocenters. The van der Waals surface area contributed by atoms with Gasteiger partial charge in [-0.25, -0.2) is 13.1 Å². The first-order valence-electron chi connectivity index (χ1n) is 7.28. The molecule has 5 nitrogen and oxygen atoms in total. The molecule has 1 aliphatic rings. The van der Waals surface area contributed by atoms with Crippen LogP contribution in [0.5, 0.6) is 0 Å². The van der Waals surface area contributed by atoms with Gasteiger partial charge in [-0.3, -0.25) is 0 Å². The molecule has 0 amide bonds. The van der Waals surface area contributed by atoms with Crippen molar-refractivity contribution in [2.75, 3.05) is 32.1 Å². The lowest BCUT2D eigenvalue weighted by atomic mass is 10.0. The molecule has 0 radical (unpaired) electrons. The van der Waals surface area contributed by atoms with Crippen molar-refractivity contribution >= 4 is 10.0 Å². The maximum absolute atomic E-state index is 11.8. The molecule has 1 heterocycles. The summed E-state index contributed by atoms with van der Waals surface area (Å²) in [4.78, 5) is 0. The second-order valence-electron chi connectivity index (χ2n) is 5.54. The van der Waals surface area contributed by atoms with E-state index in [0.717, 1.165) is 39.0 Å². The van der Waals surface area contributed by atoms with Gasteiger partial charge in [-0.15, -0.1) is 0 Å². The van der Waals surface area contributed by atoms with E-state index in [1.165, 1.54) is 0 Å². The van der Waals surface area contributed by atoms with E-state index in [0.29, 0.717) is 24.9 Å². The van der Waals surface area contributed by atoms with Gasteiger partial charge in [-0.1, -0.05) is 13.8 Å². The third-order valence-electron chi connectivity index (χ3n) is 3.33. The van der Waals surface area contributed by atoms with Gasteiger partial charge in [0.05, 0.1) is 5.75 Å². The quantitative estimate of drug-likeness (QED) is 0.625. The minimum Gasteiger partial charge on any atom is -0.381 e. The Labute approximate surface area is 117 Å². The Morgan fingerprint density at radius 2 is 1.89 bits per heavy atom. The maximum Gasteiger partial charge on any atom is 0.211 e. The lowest BCUT2D eigenvalue weighted by Crippen LogP contribution is -2.33. The Hall–Kier alpha value is -0.170. The number of unbranched alkanes of at least 4 members (excludes halogenated alkanes) is 1. The summed E-state index contributed by atoms with van der Waals surface area (Å²) in [6.45, 7) is 7.14. The van der Waals surface area contributed by atoms with Crippen LogP contribution in [0.15, 0.2) is 0 Å². The topological polar surface area (TPSA) is 67.4 Å². The van der Waals surface area contributed by atoms with Gasteiger partial charge in [-0.2, -0.15) is 0 Å². The smallest absolute Gasteiger partial charge is 0.211 e. The maximum atomic E-state index is 11.8. The van der Waals surface area contributed by atoms with Crippen molar-refractivity contribution in [2.24, 2.45) is 5.92 Å². The molecule has 0 aliphatic carbocycles. The molecule has 0 aromatic carbocycles. The van der Waals surface area contributed by atoms with Crippen LogP contribution < -0.4 is 10.0 Å². The van der Waals surface area contributed by atoms with Crippen LogP contribution >= 0.6 is 0 Å². The molecular weight excluding hydrogens is 264 g/mol. The lowest BCUT2D eigenvalue weighted by molar-refractivity contribution is 0.0678. The predicted molar refractivity (Wildman–Crippen MR) is 77.7 cm³/mol. The SMILES string of the molecule is CC(C)NCCCCS(=O)(=O)NCC1CCOCC1.